The van der Waals surface area contributed by atoms with E-state index in [0.717, 1.165) is 55.0 Å². The van der Waals surface area contributed by atoms with Crippen molar-refractivity contribution in [3.8, 4) is 0 Å². The first-order valence-electron chi connectivity index (χ1n) is 11.7. The highest BCUT2D eigenvalue weighted by molar-refractivity contribution is 7.16. The molecule has 0 spiro atoms. The highest BCUT2D eigenvalue weighted by Crippen LogP contribution is 2.60. The molecule has 5 nitrogen and oxygen atoms in total. The summed E-state index contributed by atoms with van der Waals surface area (Å²) in [4.78, 5) is 33.9. The number of hydrogen-bond donors (Lipinski definition) is 1. The zero-order valence-corrected chi connectivity index (χ0v) is 18.6. The molecule has 5 aliphatic carbocycles. The third kappa shape index (κ3) is 3.72. The largest absolute Gasteiger partial charge is 0.355 e. The lowest BCUT2D eigenvalue weighted by Gasteiger charge is -2.55. The van der Waals surface area contributed by atoms with Crippen molar-refractivity contribution < 1.29 is 9.59 Å². The minimum atomic E-state index is -0.146. The van der Waals surface area contributed by atoms with Crippen molar-refractivity contribution in [3.63, 3.8) is 0 Å². The van der Waals surface area contributed by atoms with Crippen LogP contribution >= 0.6 is 11.3 Å². The van der Waals surface area contributed by atoms with Gasteiger partial charge in [-0.2, -0.15) is 0 Å². The summed E-state index contributed by atoms with van der Waals surface area (Å²) in [6.45, 7) is 4.70. The number of carbonyl (C=O) groups excluding carboxylic acids is 2. The zero-order valence-electron chi connectivity index (χ0n) is 17.8. The first kappa shape index (κ1) is 20.2. The van der Waals surface area contributed by atoms with Crippen molar-refractivity contribution in [3.05, 3.63) is 23.2 Å². The Hall–Kier alpha value is -1.69. The Labute approximate surface area is 183 Å². The number of fused-ring (bicyclic) bond motifs is 1. The fraction of sp³-hybridized carbons (Fsp3) is 0.708. The zero-order chi connectivity index (χ0) is 20.7. The molecule has 1 heterocycles. The molecule has 0 radical (unpaired) electrons. The summed E-state index contributed by atoms with van der Waals surface area (Å²) < 4.78 is 0. The van der Waals surface area contributed by atoms with E-state index in [-0.39, 0.29) is 17.2 Å². The third-order valence-corrected chi connectivity index (χ3v) is 9.00. The molecule has 30 heavy (non-hydrogen) atoms. The predicted octanol–water partition coefficient (Wildman–Crippen LogP) is 4.26. The molecule has 4 saturated carbocycles. The Morgan fingerprint density at radius 2 is 1.80 bits per heavy atom. The van der Waals surface area contributed by atoms with Crippen LogP contribution in [0, 0.1) is 23.2 Å². The van der Waals surface area contributed by atoms with Gasteiger partial charge in [0.25, 0.3) is 0 Å². The normalized spacial score (nSPS) is 31.3. The van der Waals surface area contributed by atoms with Crippen LogP contribution in [0.4, 0.5) is 5.13 Å². The Balaban J connectivity index is 1.19. The van der Waals surface area contributed by atoms with Crippen molar-refractivity contribution in [2.45, 2.75) is 70.6 Å². The van der Waals surface area contributed by atoms with E-state index in [4.69, 9.17) is 4.98 Å². The molecular weight excluding hydrogens is 394 g/mol. The Morgan fingerprint density at radius 3 is 2.43 bits per heavy atom. The molecule has 0 aliphatic heterocycles. The van der Waals surface area contributed by atoms with E-state index in [1.807, 2.05) is 0 Å². The molecule has 6 rings (SSSR count). The second-order valence-corrected chi connectivity index (χ2v) is 11.1. The van der Waals surface area contributed by atoms with Gasteiger partial charge in [0.1, 0.15) is 0 Å². The topological polar surface area (TPSA) is 62.3 Å². The first-order chi connectivity index (χ1) is 14.6. The Morgan fingerprint density at radius 1 is 1.13 bits per heavy atom. The van der Waals surface area contributed by atoms with Gasteiger partial charge in [0.15, 0.2) is 5.13 Å². The molecule has 4 bridgehead atoms. The van der Waals surface area contributed by atoms with E-state index in [2.05, 4.69) is 11.9 Å². The smallest absolute Gasteiger partial charge is 0.230 e. The summed E-state index contributed by atoms with van der Waals surface area (Å²) in [5, 5.41) is 3.93. The summed E-state index contributed by atoms with van der Waals surface area (Å²) >= 11 is 1.65. The van der Waals surface area contributed by atoms with Crippen molar-refractivity contribution in [1.29, 1.82) is 0 Å². The monoisotopic (exact) mass is 427 g/mol. The molecule has 6 heteroatoms. The number of rotatable bonds is 7. The average Bonchev–Trinajstić information content (AvgIpc) is 3.14. The van der Waals surface area contributed by atoms with Gasteiger partial charge in [0, 0.05) is 29.8 Å². The number of hydrogen-bond acceptors (Lipinski definition) is 4. The van der Waals surface area contributed by atoms with E-state index in [1.165, 1.54) is 42.7 Å². The lowest BCUT2D eigenvalue weighted by molar-refractivity contribution is -0.146. The molecule has 1 aromatic heterocycles. The van der Waals surface area contributed by atoms with E-state index >= 15 is 0 Å². The van der Waals surface area contributed by atoms with Gasteiger partial charge in [0.2, 0.25) is 11.8 Å². The fourth-order valence-electron chi connectivity index (χ4n) is 6.86. The quantitative estimate of drug-likeness (QED) is 0.661. The van der Waals surface area contributed by atoms with Gasteiger partial charge in [-0.15, -0.1) is 17.9 Å². The maximum absolute atomic E-state index is 13.1. The fourth-order valence-corrected chi connectivity index (χ4v) is 8.04. The van der Waals surface area contributed by atoms with E-state index in [9.17, 15) is 9.59 Å². The van der Waals surface area contributed by atoms with Crippen molar-refractivity contribution in [2.24, 2.45) is 23.2 Å². The molecule has 1 N–H and O–H groups in total. The van der Waals surface area contributed by atoms with Gasteiger partial charge in [-0.05, 0) is 82.0 Å². The van der Waals surface area contributed by atoms with E-state index in [0.29, 0.717) is 19.5 Å². The van der Waals surface area contributed by atoms with Gasteiger partial charge < -0.3 is 5.32 Å². The number of anilines is 1. The second kappa shape index (κ2) is 8.10. The van der Waals surface area contributed by atoms with Crippen LogP contribution in [0.15, 0.2) is 12.7 Å². The highest BCUT2D eigenvalue weighted by Gasteiger charge is 2.54. The first-order valence-corrected chi connectivity index (χ1v) is 12.6. The lowest BCUT2D eigenvalue weighted by atomic mass is 9.49. The van der Waals surface area contributed by atoms with Gasteiger partial charge in [-0.1, -0.05) is 6.08 Å². The summed E-state index contributed by atoms with van der Waals surface area (Å²) in [6.07, 6.45) is 13.7. The lowest BCUT2D eigenvalue weighted by Crippen LogP contribution is -2.53. The number of aryl methyl sites for hydroxylation is 2. The summed E-state index contributed by atoms with van der Waals surface area (Å²) in [6, 6.07) is 0. The maximum Gasteiger partial charge on any atom is 0.230 e. The molecular formula is C24H33N3O2S. The molecule has 0 atom stereocenters. The molecule has 2 amide bonds. The molecule has 0 aromatic carbocycles. The van der Waals surface area contributed by atoms with Crippen LogP contribution < -0.4 is 10.2 Å². The standard InChI is InChI=1S/C24H33N3O2S/c1-2-9-27(23-26-19-5-3-4-6-20(19)30-23)21(28)7-8-25-22(29)24-13-16-10-17(14-24)12-18(11-16)15-24/h2,16-18H,1,3-15H2,(H,25,29). The molecule has 4 fully saturated rings. The second-order valence-electron chi connectivity index (χ2n) is 10.1. The maximum atomic E-state index is 13.1. The van der Waals surface area contributed by atoms with Crippen LogP contribution in [0.1, 0.15) is 68.4 Å². The number of nitrogens with one attached hydrogen (secondary N) is 1. The van der Waals surface area contributed by atoms with Crippen LogP contribution in [0.3, 0.4) is 0 Å². The average molecular weight is 428 g/mol. The van der Waals surface area contributed by atoms with E-state index in [1.54, 1.807) is 22.3 Å². The predicted molar refractivity (Wildman–Crippen MR) is 120 cm³/mol. The molecule has 1 aromatic rings. The van der Waals surface area contributed by atoms with Crippen LogP contribution in [0.25, 0.3) is 0 Å². The number of thiazole rings is 1. The Kier molecular flexibility index (Phi) is 5.46. The van der Waals surface area contributed by atoms with Crippen molar-refractivity contribution >= 4 is 28.3 Å². The van der Waals surface area contributed by atoms with Gasteiger partial charge in [-0.3, -0.25) is 14.5 Å². The number of carbonyl (C=O) groups is 2. The molecule has 162 valence electrons. The van der Waals surface area contributed by atoms with E-state index < -0.39 is 0 Å². The number of aromatic nitrogens is 1. The molecule has 0 saturated heterocycles. The highest BCUT2D eigenvalue weighted by atomic mass is 32.1. The van der Waals surface area contributed by atoms with Gasteiger partial charge >= 0.3 is 0 Å². The molecule has 5 aliphatic rings. The number of nitrogens with zero attached hydrogens (tertiary/aromatic N) is 2. The van der Waals surface area contributed by atoms with Crippen molar-refractivity contribution in [1.82, 2.24) is 10.3 Å². The van der Waals surface area contributed by atoms with Gasteiger partial charge in [0.05, 0.1) is 5.69 Å². The minimum absolute atomic E-state index is 0.0202. The van der Waals surface area contributed by atoms with Crippen molar-refractivity contribution in [2.75, 3.05) is 18.0 Å². The minimum Gasteiger partial charge on any atom is -0.355 e. The number of amides is 2. The summed E-state index contributed by atoms with van der Waals surface area (Å²) in [5.41, 5.74) is 1.02. The van der Waals surface area contributed by atoms with Crippen LogP contribution in [-0.2, 0) is 22.4 Å². The third-order valence-electron chi connectivity index (χ3n) is 7.82. The van der Waals surface area contributed by atoms with Crippen LogP contribution in [-0.4, -0.2) is 29.9 Å². The van der Waals surface area contributed by atoms with Crippen LogP contribution in [0.5, 0.6) is 0 Å². The SMILES string of the molecule is C=CCN(C(=O)CCNC(=O)C12CC3CC(CC(C3)C1)C2)c1nc2c(s1)CCCC2. The van der Waals surface area contributed by atoms with Crippen LogP contribution in [0.2, 0.25) is 0 Å². The Bertz CT molecular complexity index is 787. The summed E-state index contributed by atoms with van der Waals surface area (Å²) in [7, 11) is 0. The summed E-state index contributed by atoms with van der Waals surface area (Å²) in [5.74, 6) is 2.48. The molecule has 0 unspecified atom stereocenters. The van der Waals surface area contributed by atoms with Gasteiger partial charge in [-0.25, -0.2) is 4.98 Å².